The van der Waals surface area contributed by atoms with Crippen LogP contribution in [0.25, 0.3) is 0 Å². The van der Waals surface area contributed by atoms with Crippen LogP contribution in [0.2, 0.25) is 0 Å². The van der Waals surface area contributed by atoms with Gasteiger partial charge in [-0.25, -0.2) is 4.79 Å². The van der Waals surface area contributed by atoms with Crippen molar-refractivity contribution in [3.05, 3.63) is 21.9 Å². The zero-order valence-corrected chi connectivity index (χ0v) is 12.6. The van der Waals surface area contributed by atoms with E-state index in [1.54, 1.807) is 6.92 Å². The van der Waals surface area contributed by atoms with Crippen LogP contribution in [0.5, 0.6) is 0 Å². The summed E-state index contributed by atoms with van der Waals surface area (Å²) in [4.78, 5) is 23.0. The molecule has 21 heavy (non-hydrogen) atoms. The molecular weight excluding hydrogens is 272 g/mol. The summed E-state index contributed by atoms with van der Waals surface area (Å²) in [6.45, 7) is 4.08. The molecule has 0 N–H and O–H groups in total. The fourth-order valence-corrected chi connectivity index (χ4v) is 3.02. The Morgan fingerprint density at radius 3 is 2.81 bits per heavy atom. The highest BCUT2D eigenvalue weighted by atomic mass is 16.6. The van der Waals surface area contributed by atoms with Gasteiger partial charge in [0.2, 0.25) is 5.76 Å². The third-order valence-corrected chi connectivity index (χ3v) is 4.00. The third-order valence-electron chi connectivity index (χ3n) is 4.00. The minimum atomic E-state index is -0.480. The van der Waals surface area contributed by atoms with Crippen LogP contribution in [0.1, 0.15) is 73.7 Å². The summed E-state index contributed by atoms with van der Waals surface area (Å²) in [5.41, 5.74) is 1.51. The largest absolute Gasteiger partial charge is 0.460 e. The molecule has 2 atom stereocenters. The van der Waals surface area contributed by atoms with Crippen molar-refractivity contribution in [2.24, 2.45) is 5.18 Å². The second-order valence-corrected chi connectivity index (χ2v) is 5.41. The number of carbonyl (C=O) groups is 1. The van der Waals surface area contributed by atoms with Crippen molar-refractivity contribution in [3.63, 3.8) is 0 Å². The molecule has 1 aromatic heterocycles. The Morgan fingerprint density at radius 1 is 1.38 bits per heavy atom. The normalized spacial score (nSPS) is 22.0. The van der Waals surface area contributed by atoms with Crippen molar-refractivity contribution < 1.29 is 14.1 Å². The topological polar surface area (TPSA) is 81.8 Å². The van der Waals surface area contributed by atoms with Gasteiger partial charge in [0.25, 0.3) is 0 Å². The van der Waals surface area contributed by atoms with E-state index in [2.05, 4.69) is 10.3 Å². The van der Waals surface area contributed by atoms with Gasteiger partial charge in [-0.05, 0) is 26.2 Å². The highest BCUT2D eigenvalue weighted by Gasteiger charge is 2.34. The second kappa shape index (κ2) is 7.33. The number of hydrogen-bond donors (Lipinski definition) is 0. The molecule has 1 aromatic rings. The molecule has 0 saturated heterocycles. The van der Waals surface area contributed by atoms with Crippen molar-refractivity contribution in [3.8, 4) is 0 Å². The van der Waals surface area contributed by atoms with E-state index in [1.807, 2.05) is 6.92 Å². The summed E-state index contributed by atoms with van der Waals surface area (Å²) in [6.07, 6.45) is 5.26. The molecule has 0 spiro atoms. The number of aromatic nitrogens is 1. The van der Waals surface area contributed by atoms with E-state index >= 15 is 0 Å². The van der Waals surface area contributed by atoms with Crippen LogP contribution in [0, 0.1) is 4.91 Å². The average Bonchev–Trinajstić information content (AvgIpc) is 2.91. The summed E-state index contributed by atoms with van der Waals surface area (Å²) < 4.78 is 10.3. The van der Waals surface area contributed by atoms with Gasteiger partial charge in [-0.1, -0.05) is 36.5 Å². The van der Waals surface area contributed by atoms with Gasteiger partial charge >= 0.3 is 5.97 Å². The Labute approximate surface area is 124 Å². The van der Waals surface area contributed by atoms with Crippen molar-refractivity contribution in [2.45, 2.75) is 64.3 Å². The molecule has 6 nitrogen and oxygen atoms in total. The van der Waals surface area contributed by atoms with Gasteiger partial charge in [-0.2, -0.15) is 4.91 Å². The number of carbonyl (C=O) groups excluding carboxylic acids is 1. The van der Waals surface area contributed by atoms with Crippen molar-refractivity contribution in [1.82, 2.24) is 5.16 Å². The molecule has 0 radical (unpaired) electrons. The molecule has 0 aromatic carbocycles. The molecule has 0 aliphatic heterocycles. The lowest BCUT2D eigenvalue weighted by Crippen LogP contribution is -2.22. The number of esters is 1. The quantitative estimate of drug-likeness (QED) is 0.591. The molecule has 1 aliphatic rings. The van der Waals surface area contributed by atoms with Gasteiger partial charge in [-0.3, -0.25) is 0 Å². The van der Waals surface area contributed by atoms with Crippen LogP contribution in [0.3, 0.4) is 0 Å². The predicted molar refractivity (Wildman–Crippen MR) is 77.2 cm³/mol. The van der Waals surface area contributed by atoms with Crippen LogP contribution in [0.15, 0.2) is 9.70 Å². The predicted octanol–water partition coefficient (Wildman–Crippen LogP) is 3.60. The van der Waals surface area contributed by atoms with E-state index in [0.29, 0.717) is 13.0 Å². The molecule has 2 rings (SSSR count). The highest BCUT2D eigenvalue weighted by Crippen LogP contribution is 2.37. The molecule has 1 saturated carbocycles. The first kappa shape index (κ1) is 15.7. The maximum atomic E-state index is 11.9. The monoisotopic (exact) mass is 294 g/mol. The minimum Gasteiger partial charge on any atom is -0.460 e. The zero-order chi connectivity index (χ0) is 15.2. The van der Waals surface area contributed by atoms with Crippen LogP contribution < -0.4 is 0 Å². The first-order valence-corrected chi connectivity index (χ1v) is 7.70. The summed E-state index contributed by atoms with van der Waals surface area (Å²) in [5, 5.41) is 7.33. The molecule has 0 amide bonds. The lowest BCUT2D eigenvalue weighted by Gasteiger charge is -2.25. The number of nitrogens with zero attached hydrogens (tertiary/aromatic N) is 2. The van der Waals surface area contributed by atoms with E-state index in [-0.39, 0.29) is 17.7 Å². The standard InChI is InChI=1S/C15H22N2O4/c1-3-7-11-13(10-8-5-6-9-12(10)16-19)17-21-14(11)15(18)20-4-2/h10,12H,3-9H2,1-2H3. The maximum Gasteiger partial charge on any atom is 0.377 e. The van der Waals surface area contributed by atoms with Gasteiger partial charge in [0.05, 0.1) is 12.3 Å². The SMILES string of the molecule is CCCc1c(C2CCCCC2N=O)noc1C(=O)OCC. The first-order valence-electron chi connectivity index (χ1n) is 7.70. The van der Waals surface area contributed by atoms with E-state index < -0.39 is 5.97 Å². The molecule has 1 fully saturated rings. The van der Waals surface area contributed by atoms with Gasteiger partial charge in [0, 0.05) is 11.5 Å². The van der Waals surface area contributed by atoms with Gasteiger partial charge in [-0.15, -0.1) is 0 Å². The first-order chi connectivity index (χ1) is 10.2. The van der Waals surface area contributed by atoms with Crippen LogP contribution >= 0.6 is 0 Å². The number of hydrogen-bond acceptors (Lipinski definition) is 6. The highest BCUT2D eigenvalue weighted by molar-refractivity contribution is 5.88. The number of rotatable bonds is 6. The summed E-state index contributed by atoms with van der Waals surface area (Å²) >= 11 is 0. The Bertz CT molecular complexity index is 498. The number of nitroso groups, excluding NO2 is 1. The number of ether oxygens (including phenoxy) is 1. The fourth-order valence-electron chi connectivity index (χ4n) is 3.02. The minimum absolute atomic E-state index is 0.0373. The molecule has 0 bridgehead atoms. The fraction of sp³-hybridized carbons (Fsp3) is 0.733. The van der Waals surface area contributed by atoms with Crippen molar-refractivity contribution in [1.29, 1.82) is 0 Å². The molecule has 2 unspecified atom stereocenters. The zero-order valence-electron chi connectivity index (χ0n) is 12.6. The van der Waals surface area contributed by atoms with Crippen LogP contribution in [-0.2, 0) is 11.2 Å². The smallest absolute Gasteiger partial charge is 0.377 e. The molecule has 1 aliphatic carbocycles. The molecule has 6 heteroatoms. The lowest BCUT2D eigenvalue weighted by molar-refractivity contribution is 0.0478. The van der Waals surface area contributed by atoms with Gasteiger partial charge in [0.1, 0.15) is 6.04 Å². The maximum absolute atomic E-state index is 11.9. The van der Waals surface area contributed by atoms with Crippen molar-refractivity contribution in [2.75, 3.05) is 6.61 Å². The van der Waals surface area contributed by atoms with Crippen molar-refractivity contribution >= 4 is 5.97 Å². The summed E-state index contributed by atoms with van der Waals surface area (Å²) in [5.74, 6) is -0.334. The van der Waals surface area contributed by atoms with Gasteiger partial charge in [0.15, 0.2) is 0 Å². The third kappa shape index (κ3) is 3.31. The van der Waals surface area contributed by atoms with E-state index in [1.165, 1.54) is 0 Å². The molecule has 1 heterocycles. The Hall–Kier alpha value is -1.72. The summed E-state index contributed by atoms with van der Waals surface area (Å²) in [7, 11) is 0. The van der Waals surface area contributed by atoms with E-state index in [9.17, 15) is 9.70 Å². The molecule has 116 valence electrons. The van der Waals surface area contributed by atoms with E-state index in [0.717, 1.165) is 43.4 Å². The lowest BCUT2D eigenvalue weighted by atomic mass is 9.81. The Kier molecular flexibility index (Phi) is 5.47. The average molecular weight is 294 g/mol. The second-order valence-electron chi connectivity index (χ2n) is 5.41. The van der Waals surface area contributed by atoms with Gasteiger partial charge < -0.3 is 9.26 Å². The Morgan fingerprint density at radius 2 is 2.14 bits per heavy atom. The van der Waals surface area contributed by atoms with E-state index in [4.69, 9.17) is 9.26 Å². The Balaban J connectivity index is 2.33. The van der Waals surface area contributed by atoms with Crippen LogP contribution in [0.4, 0.5) is 0 Å². The molecular formula is C15H22N2O4. The van der Waals surface area contributed by atoms with Crippen LogP contribution in [-0.4, -0.2) is 23.8 Å². The summed E-state index contributed by atoms with van der Waals surface area (Å²) in [6, 6.07) is -0.269.